The average molecular weight is 249 g/mol. The van der Waals surface area contributed by atoms with Crippen LogP contribution in [0.5, 0.6) is 0 Å². The van der Waals surface area contributed by atoms with Gasteiger partial charge in [-0.05, 0) is 24.3 Å². The molecule has 18 heavy (non-hydrogen) atoms. The lowest BCUT2D eigenvalue weighted by Crippen LogP contribution is -2.28. The van der Waals surface area contributed by atoms with Gasteiger partial charge in [0.1, 0.15) is 0 Å². The van der Waals surface area contributed by atoms with Gasteiger partial charge < -0.3 is 10.4 Å². The van der Waals surface area contributed by atoms with E-state index in [0.29, 0.717) is 18.9 Å². The number of aliphatic hydroxyl groups is 1. The quantitative estimate of drug-likeness (QED) is 0.812. The summed E-state index contributed by atoms with van der Waals surface area (Å²) in [5.41, 5.74) is 2.43. The van der Waals surface area contributed by atoms with Gasteiger partial charge in [0.15, 0.2) is 0 Å². The van der Waals surface area contributed by atoms with E-state index in [0.717, 1.165) is 0 Å². The van der Waals surface area contributed by atoms with E-state index in [9.17, 15) is 4.79 Å². The Labute approximate surface area is 109 Å². The molecule has 0 bridgehead atoms. The van der Waals surface area contributed by atoms with Crippen LogP contribution in [0.2, 0.25) is 0 Å². The lowest BCUT2D eigenvalue weighted by Gasteiger charge is -2.21. The Balaban J connectivity index is 2.71. The molecule has 3 nitrogen and oxygen atoms in total. The standard InChI is InChI=1S/C15H23NO2/c1-11(2)14(10-15(18)16-8-9-17)13-6-4-12(3)5-7-13/h4-7,11,14,17H,8-10H2,1-3H3,(H,16,18). The van der Waals surface area contributed by atoms with Crippen LogP contribution >= 0.6 is 0 Å². The normalized spacial score (nSPS) is 12.5. The second kappa shape index (κ2) is 7.17. The van der Waals surface area contributed by atoms with Crippen molar-refractivity contribution in [3.63, 3.8) is 0 Å². The molecule has 100 valence electrons. The van der Waals surface area contributed by atoms with Crippen LogP contribution < -0.4 is 5.32 Å². The van der Waals surface area contributed by atoms with Crippen LogP contribution in [0.1, 0.15) is 37.3 Å². The zero-order valence-electron chi connectivity index (χ0n) is 11.4. The number of rotatable bonds is 6. The molecule has 0 aliphatic carbocycles. The highest BCUT2D eigenvalue weighted by Gasteiger charge is 2.19. The Morgan fingerprint density at radius 3 is 2.39 bits per heavy atom. The van der Waals surface area contributed by atoms with Gasteiger partial charge in [0.2, 0.25) is 5.91 Å². The molecule has 0 fully saturated rings. The van der Waals surface area contributed by atoms with E-state index in [-0.39, 0.29) is 18.4 Å². The maximum absolute atomic E-state index is 11.7. The summed E-state index contributed by atoms with van der Waals surface area (Å²) < 4.78 is 0. The van der Waals surface area contributed by atoms with Crippen molar-refractivity contribution < 1.29 is 9.90 Å². The predicted octanol–water partition coefficient (Wildman–Crippen LogP) is 2.23. The highest BCUT2D eigenvalue weighted by atomic mass is 16.3. The summed E-state index contributed by atoms with van der Waals surface area (Å²) in [6.45, 7) is 6.63. The number of aryl methyl sites for hydroxylation is 1. The Bertz CT molecular complexity index is 371. The molecule has 1 amide bonds. The van der Waals surface area contributed by atoms with E-state index >= 15 is 0 Å². The highest BCUT2D eigenvalue weighted by Crippen LogP contribution is 2.27. The minimum absolute atomic E-state index is 0.00308. The monoisotopic (exact) mass is 249 g/mol. The first-order valence-corrected chi connectivity index (χ1v) is 6.48. The van der Waals surface area contributed by atoms with E-state index in [2.05, 4.69) is 50.4 Å². The number of carbonyl (C=O) groups excluding carboxylic acids is 1. The zero-order chi connectivity index (χ0) is 13.5. The molecule has 0 spiro atoms. The zero-order valence-corrected chi connectivity index (χ0v) is 11.4. The van der Waals surface area contributed by atoms with Crippen molar-refractivity contribution in [2.75, 3.05) is 13.2 Å². The summed E-state index contributed by atoms with van der Waals surface area (Å²) in [5.74, 6) is 0.639. The van der Waals surface area contributed by atoms with Gasteiger partial charge in [0, 0.05) is 13.0 Å². The van der Waals surface area contributed by atoms with Gasteiger partial charge in [0.05, 0.1) is 6.61 Å². The van der Waals surface area contributed by atoms with E-state index in [1.807, 2.05) is 0 Å². The fraction of sp³-hybridized carbons (Fsp3) is 0.533. The van der Waals surface area contributed by atoms with Crippen molar-refractivity contribution >= 4 is 5.91 Å². The second-order valence-corrected chi connectivity index (χ2v) is 5.04. The number of amides is 1. The minimum atomic E-state index is -0.0113. The highest BCUT2D eigenvalue weighted by molar-refractivity contribution is 5.76. The smallest absolute Gasteiger partial charge is 0.220 e. The molecule has 3 heteroatoms. The molecule has 0 heterocycles. The fourth-order valence-electron chi connectivity index (χ4n) is 2.02. The van der Waals surface area contributed by atoms with Crippen LogP contribution in [0.25, 0.3) is 0 Å². The number of carbonyl (C=O) groups is 1. The molecule has 1 atom stereocenters. The van der Waals surface area contributed by atoms with E-state index in [4.69, 9.17) is 5.11 Å². The Morgan fingerprint density at radius 1 is 1.28 bits per heavy atom. The minimum Gasteiger partial charge on any atom is -0.395 e. The number of aliphatic hydroxyl groups excluding tert-OH is 1. The molecule has 1 aromatic rings. The van der Waals surface area contributed by atoms with Crippen molar-refractivity contribution in [3.8, 4) is 0 Å². The lowest BCUT2D eigenvalue weighted by atomic mass is 9.85. The third-order valence-electron chi connectivity index (χ3n) is 3.15. The van der Waals surface area contributed by atoms with Crippen molar-refractivity contribution in [1.82, 2.24) is 5.32 Å². The van der Waals surface area contributed by atoms with Gasteiger partial charge in [-0.1, -0.05) is 43.7 Å². The maximum Gasteiger partial charge on any atom is 0.220 e. The largest absolute Gasteiger partial charge is 0.395 e. The number of hydrogen-bond acceptors (Lipinski definition) is 2. The van der Waals surface area contributed by atoms with Crippen LogP contribution in [-0.4, -0.2) is 24.2 Å². The lowest BCUT2D eigenvalue weighted by molar-refractivity contribution is -0.121. The summed E-state index contributed by atoms with van der Waals surface area (Å²) >= 11 is 0. The first-order chi connectivity index (χ1) is 8.54. The van der Waals surface area contributed by atoms with E-state index < -0.39 is 0 Å². The third-order valence-corrected chi connectivity index (χ3v) is 3.15. The molecule has 0 saturated heterocycles. The molecule has 2 N–H and O–H groups in total. The molecular weight excluding hydrogens is 226 g/mol. The molecule has 1 unspecified atom stereocenters. The Kier molecular flexibility index (Phi) is 5.86. The number of nitrogens with one attached hydrogen (secondary N) is 1. The number of hydrogen-bond donors (Lipinski definition) is 2. The molecule has 1 rings (SSSR count). The van der Waals surface area contributed by atoms with Crippen LogP contribution in [0, 0.1) is 12.8 Å². The van der Waals surface area contributed by atoms with Gasteiger partial charge in [0.25, 0.3) is 0 Å². The van der Waals surface area contributed by atoms with Gasteiger partial charge in [-0.3, -0.25) is 4.79 Å². The van der Waals surface area contributed by atoms with Crippen molar-refractivity contribution in [1.29, 1.82) is 0 Å². The second-order valence-electron chi connectivity index (χ2n) is 5.04. The summed E-state index contributed by atoms with van der Waals surface area (Å²) in [6.07, 6.45) is 0.473. The fourth-order valence-corrected chi connectivity index (χ4v) is 2.02. The van der Waals surface area contributed by atoms with Crippen molar-refractivity contribution in [2.24, 2.45) is 5.92 Å². The van der Waals surface area contributed by atoms with E-state index in [1.165, 1.54) is 11.1 Å². The Morgan fingerprint density at radius 2 is 1.89 bits per heavy atom. The Hall–Kier alpha value is -1.35. The molecule has 0 radical (unpaired) electrons. The summed E-state index contributed by atoms with van der Waals surface area (Å²) in [5, 5.41) is 11.4. The SMILES string of the molecule is Cc1ccc(C(CC(=O)NCCO)C(C)C)cc1. The first kappa shape index (κ1) is 14.7. The van der Waals surface area contributed by atoms with Gasteiger partial charge in [-0.15, -0.1) is 0 Å². The van der Waals surface area contributed by atoms with Gasteiger partial charge >= 0.3 is 0 Å². The topological polar surface area (TPSA) is 49.3 Å². The molecule has 0 saturated carbocycles. The van der Waals surface area contributed by atoms with Gasteiger partial charge in [-0.25, -0.2) is 0 Å². The third kappa shape index (κ3) is 4.49. The average Bonchev–Trinajstić information content (AvgIpc) is 2.34. The summed E-state index contributed by atoms with van der Waals surface area (Å²) in [6, 6.07) is 8.35. The van der Waals surface area contributed by atoms with E-state index in [1.54, 1.807) is 0 Å². The van der Waals surface area contributed by atoms with Crippen LogP contribution in [-0.2, 0) is 4.79 Å². The molecule has 0 aromatic heterocycles. The predicted molar refractivity (Wildman–Crippen MR) is 73.5 cm³/mol. The molecular formula is C15H23NO2. The molecule has 0 aliphatic rings. The van der Waals surface area contributed by atoms with Crippen LogP contribution in [0.3, 0.4) is 0 Å². The first-order valence-electron chi connectivity index (χ1n) is 6.48. The van der Waals surface area contributed by atoms with Crippen LogP contribution in [0.4, 0.5) is 0 Å². The van der Waals surface area contributed by atoms with Crippen molar-refractivity contribution in [2.45, 2.75) is 33.1 Å². The number of benzene rings is 1. The molecule has 1 aromatic carbocycles. The summed E-state index contributed by atoms with van der Waals surface area (Å²) in [7, 11) is 0. The molecule has 0 aliphatic heterocycles. The van der Waals surface area contributed by atoms with Crippen molar-refractivity contribution in [3.05, 3.63) is 35.4 Å². The van der Waals surface area contributed by atoms with Gasteiger partial charge in [-0.2, -0.15) is 0 Å². The van der Waals surface area contributed by atoms with Crippen LogP contribution in [0.15, 0.2) is 24.3 Å². The maximum atomic E-state index is 11.7. The summed E-state index contributed by atoms with van der Waals surface area (Å²) in [4.78, 5) is 11.7.